The number of hydroxylamine groups is 1. The Bertz CT molecular complexity index is 1090. The molecule has 1 aromatic carbocycles. The molecule has 1 saturated heterocycles. The Morgan fingerprint density at radius 3 is 2.77 bits per heavy atom. The van der Waals surface area contributed by atoms with Crippen LogP contribution < -0.4 is 15.1 Å². The van der Waals surface area contributed by atoms with E-state index in [4.69, 9.17) is 30.6 Å². The van der Waals surface area contributed by atoms with Gasteiger partial charge in [-0.2, -0.15) is 4.98 Å². The number of hydrogen-bond donors (Lipinski definition) is 2. The summed E-state index contributed by atoms with van der Waals surface area (Å²) in [6.07, 6.45) is 1.13. The Morgan fingerprint density at radius 2 is 2.06 bits per heavy atom. The lowest BCUT2D eigenvalue weighted by Crippen LogP contribution is -2.28. The van der Waals surface area contributed by atoms with Crippen LogP contribution in [0.3, 0.4) is 0 Å². The number of aromatic amines is 1. The smallest absolute Gasteiger partial charge is 0.277 e. The molecule has 164 valence electrons. The molecule has 0 spiro atoms. The van der Waals surface area contributed by atoms with Crippen molar-refractivity contribution in [1.82, 2.24) is 15.4 Å². The molecule has 4 rings (SSSR count). The van der Waals surface area contributed by atoms with Gasteiger partial charge < -0.3 is 24.1 Å². The van der Waals surface area contributed by atoms with Crippen molar-refractivity contribution in [3.05, 3.63) is 41.0 Å². The normalized spacial score (nSPS) is 14.2. The van der Waals surface area contributed by atoms with Gasteiger partial charge in [0, 0.05) is 42.3 Å². The molecule has 1 fully saturated rings. The molecular formula is C21H23ClN4O5. The van der Waals surface area contributed by atoms with Gasteiger partial charge in [0.15, 0.2) is 6.29 Å². The van der Waals surface area contributed by atoms with E-state index in [9.17, 15) is 4.79 Å². The van der Waals surface area contributed by atoms with Crippen LogP contribution >= 0.6 is 11.6 Å². The number of amides is 1. The lowest BCUT2D eigenvalue weighted by Gasteiger charge is -2.15. The SMILES string of the molecule is COc1nc(N(C)C)ccc1-c1cc2c(C(=O)NOCC3OCCO3)c[nH]c2cc1Cl. The molecule has 2 aromatic heterocycles. The molecule has 0 atom stereocenters. The van der Waals surface area contributed by atoms with Gasteiger partial charge in [-0.05, 0) is 24.3 Å². The van der Waals surface area contributed by atoms with Gasteiger partial charge in [0.05, 0.1) is 30.9 Å². The Labute approximate surface area is 184 Å². The van der Waals surface area contributed by atoms with Crippen LogP contribution in [-0.2, 0) is 14.3 Å². The van der Waals surface area contributed by atoms with E-state index >= 15 is 0 Å². The van der Waals surface area contributed by atoms with E-state index in [-0.39, 0.29) is 6.61 Å². The van der Waals surface area contributed by atoms with E-state index in [1.807, 2.05) is 37.2 Å². The van der Waals surface area contributed by atoms with Crippen molar-refractivity contribution in [1.29, 1.82) is 0 Å². The van der Waals surface area contributed by atoms with E-state index in [1.165, 1.54) is 0 Å². The number of rotatable bonds is 7. The first-order valence-electron chi connectivity index (χ1n) is 9.66. The fourth-order valence-electron chi connectivity index (χ4n) is 3.31. The van der Waals surface area contributed by atoms with Crippen LogP contribution in [0.4, 0.5) is 5.82 Å². The van der Waals surface area contributed by atoms with Crippen LogP contribution in [0, 0.1) is 0 Å². The summed E-state index contributed by atoms with van der Waals surface area (Å²) in [6.45, 7) is 1.13. The third-order valence-corrected chi connectivity index (χ3v) is 5.19. The predicted octanol–water partition coefficient (Wildman–Crippen LogP) is 2.99. The first kappa shape index (κ1) is 21.4. The summed E-state index contributed by atoms with van der Waals surface area (Å²) < 4.78 is 16.0. The predicted molar refractivity (Wildman–Crippen MR) is 117 cm³/mol. The van der Waals surface area contributed by atoms with Crippen LogP contribution in [0.2, 0.25) is 5.02 Å². The van der Waals surface area contributed by atoms with Crippen molar-refractivity contribution in [2.45, 2.75) is 6.29 Å². The molecule has 1 aliphatic heterocycles. The lowest BCUT2D eigenvalue weighted by molar-refractivity contribution is -0.110. The first-order chi connectivity index (χ1) is 15.0. The van der Waals surface area contributed by atoms with Gasteiger partial charge in [-0.15, -0.1) is 0 Å². The van der Waals surface area contributed by atoms with Crippen LogP contribution in [0.1, 0.15) is 10.4 Å². The Morgan fingerprint density at radius 1 is 1.29 bits per heavy atom. The number of benzene rings is 1. The largest absolute Gasteiger partial charge is 0.480 e. The fraction of sp³-hybridized carbons (Fsp3) is 0.333. The van der Waals surface area contributed by atoms with E-state index < -0.39 is 12.2 Å². The number of aromatic nitrogens is 2. The topological polar surface area (TPSA) is 97.9 Å². The number of carbonyl (C=O) groups is 1. The third kappa shape index (κ3) is 4.45. The van der Waals surface area contributed by atoms with Gasteiger partial charge in [0.25, 0.3) is 5.91 Å². The number of H-pyrrole nitrogens is 1. The van der Waals surface area contributed by atoms with Crippen LogP contribution in [0.5, 0.6) is 5.88 Å². The summed E-state index contributed by atoms with van der Waals surface area (Å²) in [5.41, 5.74) is 4.98. The highest BCUT2D eigenvalue weighted by atomic mass is 35.5. The molecule has 2 N–H and O–H groups in total. The second-order valence-corrected chi connectivity index (χ2v) is 7.52. The average Bonchev–Trinajstić information content (AvgIpc) is 3.42. The number of pyridine rings is 1. The second-order valence-electron chi connectivity index (χ2n) is 7.11. The Hall–Kier alpha value is -2.85. The van der Waals surface area contributed by atoms with Crippen molar-refractivity contribution in [3.63, 3.8) is 0 Å². The van der Waals surface area contributed by atoms with Crippen molar-refractivity contribution < 1.29 is 23.8 Å². The van der Waals surface area contributed by atoms with Gasteiger partial charge in [-0.1, -0.05) is 11.6 Å². The number of nitrogens with one attached hydrogen (secondary N) is 2. The van der Waals surface area contributed by atoms with Crippen LogP contribution in [0.15, 0.2) is 30.5 Å². The highest BCUT2D eigenvalue weighted by molar-refractivity contribution is 6.34. The number of nitrogens with zero attached hydrogens (tertiary/aromatic N) is 2. The summed E-state index contributed by atoms with van der Waals surface area (Å²) in [5, 5.41) is 1.19. The molecule has 0 unspecified atom stereocenters. The zero-order chi connectivity index (χ0) is 22.0. The maximum Gasteiger partial charge on any atom is 0.277 e. The minimum absolute atomic E-state index is 0.103. The van der Waals surface area contributed by atoms with Gasteiger partial charge >= 0.3 is 0 Å². The highest BCUT2D eigenvalue weighted by Gasteiger charge is 2.20. The number of hydrogen-bond acceptors (Lipinski definition) is 7. The third-order valence-electron chi connectivity index (χ3n) is 4.88. The Kier molecular flexibility index (Phi) is 6.28. The molecule has 31 heavy (non-hydrogen) atoms. The number of halogens is 1. The highest BCUT2D eigenvalue weighted by Crippen LogP contribution is 2.38. The Balaban J connectivity index is 1.62. The molecule has 3 heterocycles. The minimum Gasteiger partial charge on any atom is -0.480 e. The van der Waals surface area contributed by atoms with Gasteiger partial charge in [0.2, 0.25) is 5.88 Å². The molecule has 10 heteroatoms. The summed E-state index contributed by atoms with van der Waals surface area (Å²) >= 11 is 6.55. The van der Waals surface area contributed by atoms with Gasteiger partial charge in [-0.25, -0.2) is 5.48 Å². The summed E-state index contributed by atoms with van der Waals surface area (Å²) in [4.78, 5) is 27.4. The van der Waals surface area contributed by atoms with E-state index in [2.05, 4.69) is 15.4 Å². The summed E-state index contributed by atoms with van der Waals surface area (Å²) in [7, 11) is 5.36. The van der Waals surface area contributed by atoms with Gasteiger partial charge in [-0.3, -0.25) is 9.63 Å². The number of anilines is 1. The van der Waals surface area contributed by atoms with Crippen molar-refractivity contribution in [2.24, 2.45) is 0 Å². The zero-order valence-corrected chi connectivity index (χ0v) is 18.2. The number of ether oxygens (including phenoxy) is 3. The standard InChI is InChI=1S/C21H23ClN4O5/c1-26(2)18-5-4-12(21(24-18)28-3)13-8-14-15(10-23-17(14)9-16(13)22)20(27)25-31-11-19-29-6-7-30-19/h4-5,8-10,19,23H,6-7,11H2,1-3H3,(H,25,27). The maximum atomic E-state index is 12.7. The first-order valence-corrected chi connectivity index (χ1v) is 10.0. The number of carbonyl (C=O) groups excluding carboxylic acids is 1. The molecule has 3 aromatic rings. The second kappa shape index (κ2) is 9.11. The number of fused-ring (bicyclic) bond motifs is 1. The molecule has 0 aliphatic carbocycles. The van der Waals surface area contributed by atoms with Crippen LogP contribution in [0.25, 0.3) is 22.0 Å². The minimum atomic E-state index is -0.473. The molecule has 1 aliphatic rings. The molecule has 9 nitrogen and oxygen atoms in total. The average molecular weight is 447 g/mol. The lowest BCUT2D eigenvalue weighted by atomic mass is 10.0. The fourth-order valence-corrected chi connectivity index (χ4v) is 3.58. The molecule has 0 radical (unpaired) electrons. The van der Waals surface area contributed by atoms with Crippen molar-refractivity contribution >= 4 is 34.2 Å². The van der Waals surface area contributed by atoms with E-state index in [0.29, 0.717) is 40.6 Å². The number of methoxy groups -OCH3 is 1. The van der Waals surface area contributed by atoms with E-state index in [1.54, 1.807) is 19.4 Å². The van der Waals surface area contributed by atoms with Gasteiger partial charge in [0.1, 0.15) is 12.4 Å². The molecule has 1 amide bonds. The van der Waals surface area contributed by atoms with Crippen molar-refractivity contribution in [2.75, 3.05) is 45.9 Å². The van der Waals surface area contributed by atoms with Crippen LogP contribution in [-0.4, -0.2) is 63.2 Å². The molecular weight excluding hydrogens is 424 g/mol. The quantitative estimate of drug-likeness (QED) is 0.538. The zero-order valence-electron chi connectivity index (χ0n) is 17.4. The summed E-state index contributed by atoms with van der Waals surface area (Å²) in [6, 6.07) is 7.37. The van der Waals surface area contributed by atoms with E-state index in [0.717, 1.165) is 16.9 Å². The summed E-state index contributed by atoms with van der Waals surface area (Å²) in [5.74, 6) is 0.798. The molecule has 0 bridgehead atoms. The monoisotopic (exact) mass is 446 g/mol. The molecule has 0 saturated carbocycles. The van der Waals surface area contributed by atoms with Crippen molar-refractivity contribution in [3.8, 4) is 17.0 Å². The maximum absolute atomic E-state index is 12.7.